The molecule has 0 aromatic rings. The Morgan fingerprint density at radius 2 is 2.06 bits per heavy atom. The Hall–Kier alpha value is -0.810. The number of nitrogens with one attached hydrogen (secondary N) is 2. The van der Waals surface area contributed by atoms with E-state index < -0.39 is 0 Å². The first-order valence-electron chi connectivity index (χ1n) is 6.51. The molecule has 0 saturated heterocycles. The maximum Gasteiger partial charge on any atom is 0.205 e. The van der Waals surface area contributed by atoms with Gasteiger partial charge in [0.05, 0.1) is 0 Å². The molecule has 0 aromatic carbocycles. The molecule has 0 spiro atoms. The maximum atomic E-state index is 5.43. The van der Waals surface area contributed by atoms with E-state index in [9.17, 15) is 0 Å². The first-order chi connectivity index (χ1) is 8.15. The van der Waals surface area contributed by atoms with Gasteiger partial charge in [-0.15, -0.1) is 0 Å². The zero-order valence-electron chi connectivity index (χ0n) is 11.6. The highest BCUT2D eigenvalue weighted by atomic mass is 16.5. The Labute approximate surface area is 105 Å². The average molecular weight is 244 g/mol. The lowest BCUT2D eigenvalue weighted by atomic mass is 10.0. The molecule has 0 aliphatic rings. The van der Waals surface area contributed by atoms with E-state index in [1.165, 1.54) is 0 Å². The maximum absolute atomic E-state index is 5.43. The summed E-state index contributed by atoms with van der Waals surface area (Å²) in [5, 5.41) is 3.28. The molecule has 2 unspecified atom stereocenters. The summed E-state index contributed by atoms with van der Waals surface area (Å²) in [5.41, 5.74) is 2.60. The number of hydrogen-bond acceptors (Lipinski definition) is 3. The largest absolute Gasteiger partial charge is 0.382 e. The molecule has 0 aliphatic heterocycles. The molecule has 0 heterocycles. The number of ether oxygens (including phenoxy) is 1. The zero-order valence-corrected chi connectivity index (χ0v) is 11.6. The second-order valence-corrected chi connectivity index (χ2v) is 4.24. The Bertz CT molecular complexity index is 209. The van der Waals surface area contributed by atoms with Crippen molar-refractivity contribution in [3.63, 3.8) is 0 Å². The zero-order chi connectivity index (χ0) is 13.1. The number of rotatable bonds is 8. The van der Waals surface area contributed by atoms with Crippen molar-refractivity contribution in [3.8, 4) is 0 Å². The lowest BCUT2D eigenvalue weighted by molar-refractivity contribution is 0.146. The van der Waals surface area contributed by atoms with Gasteiger partial charge in [-0.1, -0.05) is 20.3 Å². The minimum atomic E-state index is 0.363. The van der Waals surface area contributed by atoms with Gasteiger partial charge in [-0.05, 0) is 26.2 Å². The predicted octanol–water partition coefficient (Wildman–Crippen LogP) is 1.26. The topological polar surface area (TPSA) is 71.7 Å². The fourth-order valence-corrected chi connectivity index (χ4v) is 1.35. The van der Waals surface area contributed by atoms with Crippen molar-refractivity contribution in [1.82, 2.24) is 10.7 Å². The standard InChI is InChI=1S/C12H28N4O/c1-5-10(3)11(4)15-12(16-13)14-8-7-9-17-6-2/h10-11H,5-9,13H2,1-4H3,(H2,14,15,16). The van der Waals surface area contributed by atoms with Crippen molar-refractivity contribution < 1.29 is 4.74 Å². The minimum Gasteiger partial charge on any atom is -0.382 e. The SMILES string of the molecule is CCOCCCN=C(NN)NC(C)C(C)CC. The fourth-order valence-electron chi connectivity index (χ4n) is 1.35. The third kappa shape index (κ3) is 7.99. The lowest BCUT2D eigenvalue weighted by Gasteiger charge is -2.21. The number of aliphatic imine (C=N–C) groups is 1. The van der Waals surface area contributed by atoms with Gasteiger partial charge in [0.25, 0.3) is 0 Å². The number of nitrogens with two attached hydrogens (primary N) is 1. The predicted molar refractivity (Wildman–Crippen MR) is 72.8 cm³/mol. The van der Waals surface area contributed by atoms with Gasteiger partial charge in [-0.25, -0.2) is 5.84 Å². The fraction of sp³-hybridized carbons (Fsp3) is 0.917. The van der Waals surface area contributed by atoms with Crippen LogP contribution >= 0.6 is 0 Å². The van der Waals surface area contributed by atoms with E-state index in [-0.39, 0.29) is 0 Å². The third-order valence-corrected chi connectivity index (χ3v) is 2.92. The van der Waals surface area contributed by atoms with E-state index in [2.05, 4.69) is 36.5 Å². The summed E-state index contributed by atoms with van der Waals surface area (Å²) in [4.78, 5) is 4.36. The lowest BCUT2D eigenvalue weighted by Crippen LogP contribution is -2.47. The van der Waals surface area contributed by atoms with Crippen LogP contribution in [-0.4, -0.2) is 31.8 Å². The van der Waals surface area contributed by atoms with Gasteiger partial charge >= 0.3 is 0 Å². The van der Waals surface area contributed by atoms with Gasteiger partial charge < -0.3 is 10.1 Å². The summed E-state index contributed by atoms with van der Waals surface area (Å²) < 4.78 is 5.24. The summed E-state index contributed by atoms with van der Waals surface area (Å²) in [6, 6.07) is 0.363. The van der Waals surface area contributed by atoms with E-state index >= 15 is 0 Å². The number of nitrogens with zero attached hydrogens (tertiary/aromatic N) is 1. The number of hydrogen-bond donors (Lipinski definition) is 3. The van der Waals surface area contributed by atoms with Crippen molar-refractivity contribution in [2.45, 2.75) is 46.6 Å². The van der Waals surface area contributed by atoms with E-state index in [0.29, 0.717) is 17.9 Å². The van der Waals surface area contributed by atoms with E-state index in [4.69, 9.17) is 10.6 Å². The summed E-state index contributed by atoms with van der Waals surface area (Å²) >= 11 is 0. The van der Waals surface area contributed by atoms with Crippen molar-refractivity contribution in [2.75, 3.05) is 19.8 Å². The van der Waals surface area contributed by atoms with Crippen molar-refractivity contribution in [2.24, 2.45) is 16.8 Å². The molecule has 0 aromatic heterocycles. The van der Waals surface area contributed by atoms with Crippen LogP contribution in [0.1, 0.15) is 40.5 Å². The average Bonchev–Trinajstić information content (AvgIpc) is 2.35. The summed E-state index contributed by atoms with van der Waals surface area (Å²) in [6.45, 7) is 10.7. The summed E-state index contributed by atoms with van der Waals surface area (Å²) in [6.07, 6.45) is 2.05. The molecule has 0 fully saturated rings. The van der Waals surface area contributed by atoms with Crippen LogP contribution in [0.5, 0.6) is 0 Å². The van der Waals surface area contributed by atoms with Crippen LogP contribution in [0, 0.1) is 5.92 Å². The molecule has 0 bridgehead atoms. The molecular weight excluding hydrogens is 216 g/mol. The van der Waals surface area contributed by atoms with Gasteiger partial charge in [-0.3, -0.25) is 10.4 Å². The van der Waals surface area contributed by atoms with Crippen molar-refractivity contribution >= 4 is 5.96 Å². The van der Waals surface area contributed by atoms with Gasteiger partial charge in [0.15, 0.2) is 0 Å². The van der Waals surface area contributed by atoms with E-state index in [1.54, 1.807) is 0 Å². The molecule has 0 saturated carbocycles. The Kier molecular flexibility index (Phi) is 9.86. The molecule has 0 rings (SSSR count). The van der Waals surface area contributed by atoms with Crippen LogP contribution in [0.3, 0.4) is 0 Å². The molecule has 0 aliphatic carbocycles. The molecule has 5 heteroatoms. The summed E-state index contributed by atoms with van der Waals surface area (Å²) in [7, 11) is 0. The normalized spacial score (nSPS) is 15.5. The molecule has 17 heavy (non-hydrogen) atoms. The van der Waals surface area contributed by atoms with Crippen LogP contribution in [0.15, 0.2) is 4.99 Å². The molecule has 0 amide bonds. The molecular formula is C12H28N4O. The monoisotopic (exact) mass is 244 g/mol. The van der Waals surface area contributed by atoms with Gasteiger partial charge in [0.1, 0.15) is 0 Å². The van der Waals surface area contributed by atoms with Gasteiger partial charge in [-0.2, -0.15) is 0 Å². The Balaban J connectivity index is 3.92. The highest BCUT2D eigenvalue weighted by Gasteiger charge is 2.10. The van der Waals surface area contributed by atoms with Crippen LogP contribution in [-0.2, 0) is 4.74 Å². The minimum absolute atomic E-state index is 0.363. The second kappa shape index (κ2) is 10.4. The van der Waals surface area contributed by atoms with Gasteiger partial charge in [0, 0.05) is 25.8 Å². The van der Waals surface area contributed by atoms with Crippen LogP contribution in [0.4, 0.5) is 0 Å². The Morgan fingerprint density at radius 1 is 1.35 bits per heavy atom. The number of guanidine groups is 1. The number of hydrazine groups is 1. The van der Waals surface area contributed by atoms with E-state index in [1.807, 2.05) is 6.92 Å². The van der Waals surface area contributed by atoms with Crippen LogP contribution in [0.25, 0.3) is 0 Å². The van der Waals surface area contributed by atoms with Gasteiger partial charge in [0.2, 0.25) is 5.96 Å². The summed E-state index contributed by atoms with van der Waals surface area (Å²) in [5.74, 6) is 6.68. The highest BCUT2D eigenvalue weighted by molar-refractivity contribution is 5.79. The molecule has 2 atom stereocenters. The van der Waals surface area contributed by atoms with E-state index in [0.717, 1.165) is 32.6 Å². The molecule has 102 valence electrons. The molecule has 0 radical (unpaired) electrons. The van der Waals surface area contributed by atoms with Crippen molar-refractivity contribution in [1.29, 1.82) is 0 Å². The Morgan fingerprint density at radius 3 is 2.59 bits per heavy atom. The third-order valence-electron chi connectivity index (χ3n) is 2.92. The smallest absolute Gasteiger partial charge is 0.205 e. The van der Waals surface area contributed by atoms with Crippen LogP contribution in [0.2, 0.25) is 0 Å². The highest BCUT2D eigenvalue weighted by Crippen LogP contribution is 2.05. The molecule has 4 N–H and O–H groups in total. The van der Waals surface area contributed by atoms with Crippen molar-refractivity contribution in [3.05, 3.63) is 0 Å². The second-order valence-electron chi connectivity index (χ2n) is 4.24. The first kappa shape index (κ1) is 16.2. The quantitative estimate of drug-likeness (QED) is 0.198. The molecule has 5 nitrogen and oxygen atoms in total. The first-order valence-corrected chi connectivity index (χ1v) is 6.51. The van der Waals surface area contributed by atoms with Crippen LogP contribution < -0.4 is 16.6 Å².